The van der Waals surface area contributed by atoms with E-state index in [0.717, 1.165) is 5.92 Å². The van der Waals surface area contributed by atoms with Crippen molar-refractivity contribution in [2.24, 2.45) is 5.92 Å². The summed E-state index contributed by atoms with van der Waals surface area (Å²) in [6, 6.07) is 8.70. The molecule has 17 heavy (non-hydrogen) atoms. The molecule has 0 atom stereocenters. The van der Waals surface area contributed by atoms with Gasteiger partial charge in [0, 0.05) is 32.0 Å². The van der Waals surface area contributed by atoms with E-state index in [-0.39, 0.29) is 0 Å². The van der Waals surface area contributed by atoms with Crippen LogP contribution >= 0.6 is 0 Å². The molecule has 0 aliphatic heterocycles. The average molecular weight is 232 g/mol. The fourth-order valence-corrected chi connectivity index (χ4v) is 2.74. The van der Waals surface area contributed by atoms with E-state index in [9.17, 15) is 0 Å². The van der Waals surface area contributed by atoms with E-state index in [1.807, 2.05) is 7.05 Å². The normalized spacial score (nSPS) is 16.8. The first kappa shape index (κ1) is 12.3. The third kappa shape index (κ3) is 3.39. The number of rotatable bonds is 4. The summed E-state index contributed by atoms with van der Waals surface area (Å²) in [7, 11) is 4.17. The van der Waals surface area contributed by atoms with Gasteiger partial charge in [0.15, 0.2) is 0 Å². The van der Waals surface area contributed by atoms with Gasteiger partial charge in [-0.3, -0.25) is 0 Å². The summed E-state index contributed by atoms with van der Waals surface area (Å²) in [6.45, 7) is 1.21. The standard InChI is InChI=1S/C15H24N2/c1-16-14-8-10-15(11-9-14)17(2)12-13-6-4-3-5-7-13/h8-11,13,16H,3-7,12H2,1-2H3. The van der Waals surface area contributed by atoms with Crippen LogP contribution in [0.5, 0.6) is 0 Å². The molecular weight excluding hydrogens is 208 g/mol. The van der Waals surface area contributed by atoms with Crippen LogP contribution in [0.3, 0.4) is 0 Å². The molecule has 1 N–H and O–H groups in total. The number of nitrogens with one attached hydrogen (secondary N) is 1. The van der Waals surface area contributed by atoms with E-state index < -0.39 is 0 Å². The maximum absolute atomic E-state index is 3.16. The van der Waals surface area contributed by atoms with Gasteiger partial charge in [0.05, 0.1) is 0 Å². The number of anilines is 2. The summed E-state index contributed by atoms with van der Waals surface area (Å²) >= 11 is 0. The Bertz CT molecular complexity index is 325. The van der Waals surface area contributed by atoms with Crippen LogP contribution in [-0.4, -0.2) is 20.6 Å². The van der Waals surface area contributed by atoms with Gasteiger partial charge >= 0.3 is 0 Å². The molecule has 0 saturated heterocycles. The molecule has 94 valence electrons. The van der Waals surface area contributed by atoms with E-state index in [0.29, 0.717) is 0 Å². The monoisotopic (exact) mass is 232 g/mol. The predicted octanol–water partition coefficient (Wildman–Crippen LogP) is 3.74. The first-order valence-corrected chi connectivity index (χ1v) is 6.78. The highest BCUT2D eigenvalue weighted by molar-refractivity contribution is 5.54. The van der Waals surface area contributed by atoms with Crippen molar-refractivity contribution in [2.45, 2.75) is 32.1 Å². The Labute approximate surface area is 105 Å². The zero-order valence-electron chi connectivity index (χ0n) is 11.1. The van der Waals surface area contributed by atoms with Crippen LogP contribution in [0.1, 0.15) is 32.1 Å². The minimum absolute atomic E-state index is 0.901. The molecule has 0 bridgehead atoms. The first-order valence-electron chi connectivity index (χ1n) is 6.78. The SMILES string of the molecule is CNc1ccc(N(C)CC2CCCCC2)cc1. The topological polar surface area (TPSA) is 15.3 Å². The van der Waals surface area contributed by atoms with Crippen molar-refractivity contribution < 1.29 is 0 Å². The van der Waals surface area contributed by atoms with Crippen molar-refractivity contribution in [1.29, 1.82) is 0 Å². The average Bonchev–Trinajstić information content (AvgIpc) is 2.40. The third-order valence-electron chi connectivity index (χ3n) is 3.85. The highest BCUT2D eigenvalue weighted by Crippen LogP contribution is 2.26. The molecule has 1 aliphatic rings. The lowest BCUT2D eigenvalue weighted by Gasteiger charge is -2.28. The molecule has 2 rings (SSSR count). The van der Waals surface area contributed by atoms with Gasteiger partial charge in [-0.15, -0.1) is 0 Å². The molecule has 0 amide bonds. The minimum atomic E-state index is 0.901. The molecule has 1 aromatic carbocycles. The summed E-state index contributed by atoms with van der Waals surface area (Å²) < 4.78 is 0. The van der Waals surface area contributed by atoms with Gasteiger partial charge in [0.1, 0.15) is 0 Å². The van der Waals surface area contributed by atoms with Gasteiger partial charge in [-0.1, -0.05) is 19.3 Å². The second-order valence-corrected chi connectivity index (χ2v) is 5.18. The zero-order chi connectivity index (χ0) is 12.1. The fourth-order valence-electron chi connectivity index (χ4n) is 2.74. The Morgan fingerprint density at radius 1 is 1.12 bits per heavy atom. The van der Waals surface area contributed by atoms with Crippen LogP contribution in [0.2, 0.25) is 0 Å². The lowest BCUT2D eigenvalue weighted by atomic mass is 9.89. The maximum atomic E-state index is 3.16. The van der Waals surface area contributed by atoms with Crippen molar-refractivity contribution in [3.63, 3.8) is 0 Å². The lowest BCUT2D eigenvalue weighted by Crippen LogP contribution is -2.26. The van der Waals surface area contributed by atoms with E-state index in [4.69, 9.17) is 0 Å². The minimum Gasteiger partial charge on any atom is -0.388 e. The van der Waals surface area contributed by atoms with Gasteiger partial charge in [-0.2, -0.15) is 0 Å². The molecule has 0 heterocycles. The van der Waals surface area contributed by atoms with Crippen LogP contribution < -0.4 is 10.2 Å². The molecule has 0 aromatic heterocycles. The molecule has 0 unspecified atom stereocenters. The second kappa shape index (κ2) is 5.95. The summed E-state index contributed by atoms with van der Waals surface area (Å²) in [5.74, 6) is 0.901. The lowest BCUT2D eigenvalue weighted by molar-refractivity contribution is 0.362. The van der Waals surface area contributed by atoms with E-state index in [1.54, 1.807) is 0 Å². The van der Waals surface area contributed by atoms with Crippen LogP contribution in [0.4, 0.5) is 11.4 Å². The molecular formula is C15H24N2. The Hall–Kier alpha value is -1.18. The van der Waals surface area contributed by atoms with Crippen molar-refractivity contribution in [1.82, 2.24) is 0 Å². The molecule has 0 radical (unpaired) electrons. The number of nitrogens with zero attached hydrogens (tertiary/aromatic N) is 1. The molecule has 2 nitrogen and oxygen atoms in total. The van der Waals surface area contributed by atoms with Gasteiger partial charge in [0.25, 0.3) is 0 Å². The quantitative estimate of drug-likeness (QED) is 0.850. The number of hydrogen-bond acceptors (Lipinski definition) is 2. The second-order valence-electron chi connectivity index (χ2n) is 5.18. The van der Waals surface area contributed by atoms with Crippen LogP contribution in [0.15, 0.2) is 24.3 Å². The maximum Gasteiger partial charge on any atom is 0.0365 e. The Balaban J connectivity index is 1.91. The van der Waals surface area contributed by atoms with Gasteiger partial charge < -0.3 is 10.2 Å². The van der Waals surface area contributed by atoms with Crippen molar-refractivity contribution in [3.05, 3.63) is 24.3 Å². The number of hydrogen-bond donors (Lipinski definition) is 1. The Morgan fingerprint density at radius 3 is 2.35 bits per heavy atom. The van der Waals surface area contributed by atoms with E-state index in [2.05, 4.69) is 41.5 Å². The van der Waals surface area contributed by atoms with Crippen molar-refractivity contribution in [2.75, 3.05) is 30.9 Å². The van der Waals surface area contributed by atoms with Crippen molar-refractivity contribution >= 4 is 11.4 Å². The van der Waals surface area contributed by atoms with E-state index >= 15 is 0 Å². The van der Waals surface area contributed by atoms with Crippen molar-refractivity contribution in [3.8, 4) is 0 Å². The highest BCUT2D eigenvalue weighted by atomic mass is 15.1. The molecule has 2 heteroatoms. The van der Waals surface area contributed by atoms with Gasteiger partial charge in [-0.25, -0.2) is 0 Å². The zero-order valence-corrected chi connectivity index (χ0v) is 11.1. The molecule has 1 aromatic rings. The van der Waals surface area contributed by atoms with Gasteiger partial charge in [0.2, 0.25) is 0 Å². The van der Waals surface area contributed by atoms with Gasteiger partial charge in [-0.05, 0) is 43.0 Å². The Kier molecular flexibility index (Phi) is 4.29. The molecule has 1 saturated carbocycles. The summed E-state index contributed by atoms with van der Waals surface area (Å²) in [5, 5.41) is 3.16. The highest BCUT2D eigenvalue weighted by Gasteiger charge is 2.15. The largest absolute Gasteiger partial charge is 0.388 e. The third-order valence-corrected chi connectivity index (χ3v) is 3.85. The molecule has 1 aliphatic carbocycles. The Morgan fingerprint density at radius 2 is 1.76 bits per heavy atom. The number of benzene rings is 1. The predicted molar refractivity (Wildman–Crippen MR) is 75.8 cm³/mol. The summed E-state index contributed by atoms with van der Waals surface area (Å²) in [6.07, 6.45) is 7.13. The fraction of sp³-hybridized carbons (Fsp3) is 0.600. The smallest absolute Gasteiger partial charge is 0.0365 e. The van der Waals surface area contributed by atoms with Crippen LogP contribution in [0.25, 0.3) is 0 Å². The molecule has 0 spiro atoms. The molecule has 1 fully saturated rings. The van der Waals surface area contributed by atoms with Crippen LogP contribution in [0, 0.1) is 5.92 Å². The summed E-state index contributed by atoms with van der Waals surface area (Å²) in [5.41, 5.74) is 2.51. The van der Waals surface area contributed by atoms with Crippen LogP contribution in [-0.2, 0) is 0 Å². The first-order chi connectivity index (χ1) is 8.29. The van der Waals surface area contributed by atoms with E-state index in [1.165, 1.54) is 50.0 Å². The summed E-state index contributed by atoms with van der Waals surface area (Å²) in [4.78, 5) is 2.40.